The Bertz CT molecular complexity index is 430. The quantitative estimate of drug-likeness (QED) is 0.765. The van der Waals surface area contributed by atoms with E-state index in [9.17, 15) is 0 Å². The summed E-state index contributed by atoms with van der Waals surface area (Å²) < 4.78 is 0. The molecule has 98 valence electrons. The zero-order valence-electron chi connectivity index (χ0n) is 10.2. The average Bonchev–Trinajstić information content (AvgIpc) is 2.27. The summed E-state index contributed by atoms with van der Waals surface area (Å²) in [7, 11) is 0. The Labute approximate surface area is 123 Å². The molecule has 0 spiro atoms. The Hall–Kier alpha value is -0.510. The van der Waals surface area contributed by atoms with Crippen LogP contribution in [0.2, 0.25) is 10.0 Å². The molecule has 1 N–H and O–H groups in total. The molecule has 18 heavy (non-hydrogen) atoms. The molecule has 0 radical (unpaired) electrons. The minimum absolute atomic E-state index is 0.494. The van der Waals surface area contributed by atoms with Crippen molar-refractivity contribution in [2.24, 2.45) is 0 Å². The number of halogens is 2. The first-order valence-corrected chi connectivity index (χ1v) is 7.26. The molecule has 1 fully saturated rings. The summed E-state index contributed by atoms with van der Waals surface area (Å²) in [5, 5.41) is 5.18. The summed E-state index contributed by atoms with van der Waals surface area (Å²) in [6, 6.07) is 5.86. The predicted molar refractivity (Wildman–Crippen MR) is 82.7 cm³/mol. The molecular formula is C13H16Cl2N2S. The first kappa shape index (κ1) is 13.9. The average molecular weight is 303 g/mol. The van der Waals surface area contributed by atoms with Crippen LogP contribution in [0.25, 0.3) is 0 Å². The van der Waals surface area contributed by atoms with E-state index in [0.717, 1.165) is 17.3 Å². The highest BCUT2D eigenvalue weighted by molar-refractivity contribution is 7.80. The summed E-state index contributed by atoms with van der Waals surface area (Å²) in [5.74, 6) is 0. The number of likely N-dealkylation sites (tertiary alicyclic amines) is 1. The summed E-state index contributed by atoms with van der Waals surface area (Å²) in [6.45, 7) is 3.22. The fraction of sp³-hybridized carbons (Fsp3) is 0.462. The second-order valence-corrected chi connectivity index (χ2v) is 5.89. The smallest absolute Gasteiger partial charge is 0.173 e. The van der Waals surface area contributed by atoms with Gasteiger partial charge in [-0.15, -0.1) is 0 Å². The van der Waals surface area contributed by atoms with Crippen molar-refractivity contribution in [3.05, 3.63) is 28.2 Å². The molecule has 1 aliphatic rings. The lowest BCUT2D eigenvalue weighted by Crippen LogP contribution is -2.44. The number of hydrogen-bond donors (Lipinski definition) is 1. The van der Waals surface area contributed by atoms with Gasteiger partial charge in [0.2, 0.25) is 0 Å². The van der Waals surface area contributed by atoms with Crippen LogP contribution in [0.15, 0.2) is 18.2 Å². The molecule has 0 saturated carbocycles. The Kier molecular flexibility index (Phi) is 4.71. The third-order valence-corrected chi connectivity index (χ3v) is 3.95. The van der Waals surface area contributed by atoms with Gasteiger partial charge in [-0.1, -0.05) is 23.2 Å². The lowest BCUT2D eigenvalue weighted by Gasteiger charge is -2.35. The highest BCUT2D eigenvalue weighted by Gasteiger charge is 2.20. The molecule has 0 aliphatic carbocycles. The van der Waals surface area contributed by atoms with Crippen molar-refractivity contribution >= 4 is 46.2 Å². The van der Waals surface area contributed by atoms with Crippen molar-refractivity contribution in [3.63, 3.8) is 0 Å². The van der Waals surface area contributed by atoms with Crippen LogP contribution in [0.5, 0.6) is 0 Å². The standard InChI is InChI=1S/C13H16Cl2N2S/c1-9-4-2-3-5-17(9)13(18)16-12-7-10(14)6-11(15)8-12/h6-9H,2-5H2,1H3,(H,16,18)/t9-/m0/s1. The van der Waals surface area contributed by atoms with E-state index in [1.807, 2.05) is 12.1 Å². The van der Waals surface area contributed by atoms with Crippen molar-refractivity contribution in [1.29, 1.82) is 0 Å². The van der Waals surface area contributed by atoms with Gasteiger partial charge in [-0.05, 0) is 56.6 Å². The van der Waals surface area contributed by atoms with Crippen molar-refractivity contribution < 1.29 is 0 Å². The molecule has 0 amide bonds. The molecule has 0 unspecified atom stereocenters. The predicted octanol–water partition coefficient (Wildman–Crippen LogP) is 4.56. The first-order chi connectivity index (χ1) is 8.56. The lowest BCUT2D eigenvalue weighted by atomic mass is 10.0. The van der Waals surface area contributed by atoms with Gasteiger partial charge in [0, 0.05) is 28.3 Å². The van der Waals surface area contributed by atoms with Crippen LogP contribution >= 0.6 is 35.4 Å². The molecule has 1 saturated heterocycles. The van der Waals surface area contributed by atoms with Crippen molar-refractivity contribution in [2.45, 2.75) is 32.2 Å². The highest BCUT2D eigenvalue weighted by Crippen LogP contribution is 2.24. The van der Waals surface area contributed by atoms with Crippen LogP contribution in [0.1, 0.15) is 26.2 Å². The van der Waals surface area contributed by atoms with Crippen LogP contribution in [0.3, 0.4) is 0 Å². The number of nitrogens with zero attached hydrogens (tertiary/aromatic N) is 1. The molecule has 5 heteroatoms. The van der Waals surface area contributed by atoms with Gasteiger partial charge in [-0.2, -0.15) is 0 Å². The molecule has 1 heterocycles. The summed E-state index contributed by atoms with van der Waals surface area (Å²) in [4.78, 5) is 2.23. The molecule has 1 aromatic carbocycles. The van der Waals surface area contributed by atoms with Gasteiger partial charge in [-0.25, -0.2) is 0 Å². The van der Waals surface area contributed by atoms with Crippen LogP contribution in [0, 0.1) is 0 Å². The SMILES string of the molecule is C[C@H]1CCCCN1C(=S)Nc1cc(Cl)cc(Cl)c1. The van der Waals surface area contributed by atoms with Gasteiger partial charge in [0.05, 0.1) is 0 Å². The molecule has 1 aromatic rings. The van der Waals surface area contributed by atoms with Gasteiger partial charge in [0.25, 0.3) is 0 Å². The zero-order chi connectivity index (χ0) is 13.1. The summed E-state index contributed by atoms with van der Waals surface area (Å²) in [5.41, 5.74) is 0.843. The van der Waals surface area contributed by atoms with E-state index < -0.39 is 0 Å². The number of nitrogens with one attached hydrogen (secondary N) is 1. The number of thiocarbonyl (C=S) groups is 1. The Morgan fingerprint density at radius 2 is 1.94 bits per heavy atom. The molecule has 2 nitrogen and oxygen atoms in total. The Balaban J connectivity index is 2.06. The van der Waals surface area contributed by atoms with E-state index in [0.29, 0.717) is 16.1 Å². The fourth-order valence-corrected chi connectivity index (χ4v) is 3.14. The third kappa shape index (κ3) is 3.50. The van der Waals surface area contributed by atoms with Crippen LogP contribution in [-0.4, -0.2) is 22.6 Å². The van der Waals surface area contributed by atoms with Gasteiger partial charge in [-0.3, -0.25) is 0 Å². The molecule has 0 bridgehead atoms. The largest absolute Gasteiger partial charge is 0.346 e. The molecular weight excluding hydrogens is 287 g/mol. The first-order valence-electron chi connectivity index (χ1n) is 6.10. The number of piperidine rings is 1. The number of benzene rings is 1. The summed E-state index contributed by atoms with van der Waals surface area (Å²) >= 11 is 17.4. The molecule has 2 rings (SSSR count). The molecule has 1 atom stereocenters. The number of anilines is 1. The zero-order valence-corrected chi connectivity index (χ0v) is 12.6. The fourth-order valence-electron chi connectivity index (χ4n) is 2.22. The van der Waals surface area contributed by atoms with Gasteiger partial charge >= 0.3 is 0 Å². The maximum absolute atomic E-state index is 5.97. The number of rotatable bonds is 1. The second-order valence-electron chi connectivity index (χ2n) is 4.63. The van der Waals surface area contributed by atoms with E-state index >= 15 is 0 Å². The monoisotopic (exact) mass is 302 g/mol. The van der Waals surface area contributed by atoms with Gasteiger partial charge < -0.3 is 10.2 Å². The Morgan fingerprint density at radius 1 is 1.28 bits per heavy atom. The maximum atomic E-state index is 5.97. The van der Waals surface area contributed by atoms with Gasteiger partial charge in [0.1, 0.15) is 0 Å². The Morgan fingerprint density at radius 3 is 2.56 bits per heavy atom. The van der Waals surface area contributed by atoms with Crippen molar-refractivity contribution in [2.75, 3.05) is 11.9 Å². The summed E-state index contributed by atoms with van der Waals surface area (Å²) in [6.07, 6.45) is 3.67. The van der Waals surface area contributed by atoms with E-state index in [2.05, 4.69) is 17.1 Å². The third-order valence-electron chi connectivity index (χ3n) is 3.18. The molecule has 0 aromatic heterocycles. The van der Waals surface area contributed by atoms with E-state index in [4.69, 9.17) is 35.4 Å². The highest BCUT2D eigenvalue weighted by atomic mass is 35.5. The maximum Gasteiger partial charge on any atom is 0.173 e. The topological polar surface area (TPSA) is 15.3 Å². The molecule has 1 aliphatic heterocycles. The second kappa shape index (κ2) is 6.09. The van der Waals surface area contributed by atoms with Crippen LogP contribution < -0.4 is 5.32 Å². The van der Waals surface area contributed by atoms with Crippen LogP contribution in [-0.2, 0) is 0 Å². The normalized spacial score (nSPS) is 19.7. The van der Waals surface area contributed by atoms with Crippen molar-refractivity contribution in [3.8, 4) is 0 Å². The lowest BCUT2D eigenvalue weighted by molar-refractivity contribution is 0.262. The van der Waals surface area contributed by atoms with Crippen LogP contribution in [0.4, 0.5) is 5.69 Å². The van der Waals surface area contributed by atoms with E-state index in [1.165, 1.54) is 19.3 Å². The van der Waals surface area contributed by atoms with E-state index in [-0.39, 0.29) is 0 Å². The van der Waals surface area contributed by atoms with Crippen molar-refractivity contribution in [1.82, 2.24) is 4.90 Å². The van der Waals surface area contributed by atoms with Gasteiger partial charge in [0.15, 0.2) is 5.11 Å². The minimum Gasteiger partial charge on any atom is -0.346 e. The number of hydrogen-bond acceptors (Lipinski definition) is 1. The van der Waals surface area contributed by atoms with E-state index in [1.54, 1.807) is 6.07 Å². The minimum atomic E-state index is 0.494.